The van der Waals surface area contributed by atoms with Crippen molar-refractivity contribution in [2.45, 2.75) is 13.8 Å². The van der Waals surface area contributed by atoms with Gasteiger partial charge >= 0.3 is 0 Å². The van der Waals surface area contributed by atoms with Crippen LogP contribution in [-0.4, -0.2) is 18.9 Å². The Bertz CT molecular complexity index is 1310. The molecule has 2 N–H and O–H groups in total. The summed E-state index contributed by atoms with van der Waals surface area (Å²) in [5.41, 5.74) is 5.11. The summed E-state index contributed by atoms with van der Waals surface area (Å²) in [5, 5.41) is 6.57. The Morgan fingerprint density at radius 2 is 1.34 bits per heavy atom. The van der Waals surface area contributed by atoms with E-state index < -0.39 is 10.2 Å². The first-order chi connectivity index (χ1) is 18.2. The lowest BCUT2D eigenvalue weighted by Gasteiger charge is -2.17. The predicted molar refractivity (Wildman–Crippen MR) is 139 cm³/mol. The van der Waals surface area contributed by atoms with Crippen molar-refractivity contribution < 1.29 is 43.8 Å². The third-order valence-electron chi connectivity index (χ3n) is 5.15. The van der Waals surface area contributed by atoms with E-state index in [1.807, 2.05) is 50.3 Å². The summed E-state index contributed by atoms with van der Waals surface area (Å²) in [6.07, 6.45) is 6.47. The molecule has 0 radical (unpaired) electrons. The van der Waals surface area contributed by atoms with E-state index in [-0.39, 0.29) is 0 Å². The van der Waals surface area contributed by atoms with E-state index in [2.05, 4.69) is 60.7 Å². The van der Waals surface area contributed by atoms with Crippen LogP contribution < -0.4 is 33.5 Å². The first-order valence-electron chi connectivity index (χ1n) is 11.8. The van der Waals surface area contributed by atoms with Crippen LogP contribution in [0, 0.1) is 10.2 Å². The molecule has 1 aliphatic rings. The molecule has 7 nitrogen and oxygen atoms in total. The zero-order chi connectivity index (χ0) is 27.5. The van der Waals surface area contributed by atoms with Crippen LogP contribution in [0.25, 0.3) is 10.5 Å². The van der Waals surface area contributed by atoms with Gasteiger partial charge in [-0.1, -0.05) is 72.4 Å². The molecular formula is C29H28ClNO6S. The van der Waals surface area contributed by atoms with Gasteiger partial charge < -0.3 is 9.47 Å². The number of halogens is 1. The van der Waals surface area contributed by atoms with E-state index >= 15 is 0 Å². The van der Waals surface area contributed by atoms with Gasteiger partial charge in [0.1, 0.15) is 0 Å². The monoisotopic (exact) mass is 553 g/mol. The summed E-state index contributed by atoms with van der Waals surface area (Å²) >= 11 is 1.72. The van der Waals surface area contributed by atoms with Crippen molar-refractivity contribution in [1.29, 1.82) is 0 Å². The molecule has 9 heteroatoms. The molecule has 0 aromatic heterocycles. The first kappa shape index (κ1) is 29.2. The van der Waals surface area contributed by atoms with Gasteiger partial charge in [0.25, 0.3) is 0 Å². The van der Waals surface area contributed by atoms with Crippen LogP contribution in [0.3, 0.4) is 0 Å². The molecule has 0 spiro atoms. The Morgan fingerprint density at radius 3 is 1.92 bits per heavy atom. The van der Waals surface area contributed by atoms with Gasteiger partial charge in [-0.15, -0.1) is 10.2 Å². The lowest BCUT2D eigenvalue weighted by atomic mass is 10.0. The number of nitrogens with two attached hydrogens (primary N) is 1. The standard InChI is InChI=1S/C29H27NO2S.ClHO4/c1-3-31-27-16-15-23(18-28(27)32-4-2)26(30)20-25-17-24(21-11-7-5-8-12-21)19-29(33-25)22-13-9-6-10-14-22;2-1(3,4)5/h5-20,30H,3-4H2,1-2H3;(H,2,3,4,5). The number of allylic oxidation sites excluding steroid dienone is 4. The SMILES string of the molecule is CCOc1ccc(C(=[NH2+])C=C2C=C(c3ccccc3)C=C(c3ccccc3)S2)cc1OCC.[O-][Cl+3]([O-])([O-])[O-]. The molecule has 0 atom stereocenters. The molecule has 0 fully saturated rings. The summed E-state index contributed by atoms with van der Waals surface area (Å²) < 4.78 is 45.4. The van der Waals surface area contributed by atoms with E-state index in [4.69, 9.17) is 33.5 Å². The predicted octanol–water partition coefficient (Wildman–Crippen LogP) is 1.03. The molecule has 0 amide bonds. The summed E-state index contributed by atoms with van der Waals surface area (Å²) in [4.78, 5) is 2.28. The average Bonchev–Trinajstić information content (AvgIpc) is 2.90. The molecule has 198 valence electrons. The van der Waals surface area contributed by atoms with Crippen LogP contribution >= 0.6 is 11.8 Å². The van der Waals surface area contributed by atoms with Gasteiger partial charge in [-0.3, -0.25) is 5.41 Å². The molecule has 4 rings (SSSR count). The van der Waals surface area contributed by atoms with Crippen molar-refractivity contribution in [2.75, 3.05) is 13.2 Å². The molecule has 1 heterocycles. The molecule has 1 aliphatic heterocycles. The topological polar surface area (TPSA) is 136 Å². The Labute approximate surface area is 228 Å². The molecule has 0 saturated heterocycles. The second-order valence-electron chi connectivity index (χ2n) is 7.85. The molecule has 38 heavy (non-hydrogen) atoms. The number of rotatable bonds is 8. The minimum atomic E-state index is -4.94. The van der Waals surface area contributed by atoms with Gasteiger partial charge in [0.15, 0.2) is 11.5 Å². The van der Waals surface area contributed by atoms with Gasteiger partial charge in [-0.25, -0.2) is 18.6 Å². The van der Waals surface area contributed by atoms with E-state index in [0.717, 1.165) is 21.8 Å². The fourth-order valence-electron chi connectivity index (χ4n) is 3.60. The highest BCUT2D eigenvalue weighted by Gasteiger charge is 2.17. The molecule has 0 unspecified atom stereocenters. The summed E-state index contributed by atoms with van der Waals surface area (Å²) in [7, 11) is -4.94. The largest absolute Gasteiger partial charge is 0.490 e. The third-order valence-corrected chi connectivity index (χ3v) is 6.20. The van der Waals surface area contributed by atoms with Crippen molar-refractivity contribution >= 4 is 28.0 Å². The molecule has 0 aliphatic carbocycles. The van der Waals surface area contributed by atoms with Crippen molar-refractivity contribution in [3.63, 3.8) is 0 Å². The van der Waals surface area contributed by atoms with Crippen molar-refractivity contribution in [2.24, 2.45) is 0 Å². The molecule has 0 saturated carbocycles. The zero-order valence-corrected chi connectivity index (χ0v) is 22.5. The van der Waals surface area contributed by atoms with Gasteiger partial charge in [-0.2, -0.15) is 0 Å². The van der Waals surface area contributed by atoms with Crippen LogP contribution in [0.5, 0.6) is 11.5 Å². The van der Waals surface area contributed by atoms with E-state index in [1.165, 1.54) is 16.0 Å². The Kier molecular flexibility index (Phi) is 10.7. The Hall–Kier alpha value is -3.37. The normalized spacial score (nSPS) is 14.1. The van der Waals surface area contributed by atoms with Gasteiger partial charge in [0, 0.05) is 21.4 Å². The molecule has 3 aromatic rings. The highest BCUT2D eigenvalue weighted by atomic mass is 35.7. The van der Waals surface area contributed by atoms with Gasteiger partial charge in [-0.05, 0) is 60.9 Å². The number of hydrogen-bond donors (Lipinski definition) is 1. The van der Waals surface area contributed by atoms with E-state index in [0.29, 0.717) is 24.7 Å². The summed E-state index contributed by atoms with van der Waals surface area (Å²) in [6.45, 7) is 5.07. The number of benzene rings is 3. The molecule has 0 bridgehead atoms. The van der Waals surface area contributed by atoms with Crippen LogP contribution in [-0.2, 0) is 0 Å². The summed E-state index contributed by atoms with van der Waals surface area (Å²) in [5.74, 6) is 1.44. The highest BCUT2D eigenvalue weighted by molar-refractivity contribution is 8.12. The summed E-state index contributed by atoms with van der Waals surface area (Å²) in [6, 6.07) is 26.7. The van der Waals surface area contributed by atoms with Crippen LogP contribution in [0.4, 0.5) is 0 Å². The lowest BCUT2D eigenvalue weighted by molar-refractivity contribution is -2.00. The smallest absolute Gasteiger partial charge is 0.205 e. The molecule has 3 aromatic carbocycles. The number of thioether (sulfide) groups is 1. The Balaban J connectivity index is 0.000000732. The maximum Gasteiger partial charge on any atom is 0.205 e. The fourth-order valence-corrected chi connectivity index (χ4v) is 4.67. The van der Waals surface area contributed by atoms with Crippen molar-refractivity contribution in [3.8, 4) is 11.5 Å². The third kappa shape index (κ3) is 9.18. The lowest BCUT2D eigenvalue weighted by Crippen LogP contribution is -2.68. The van der Waals surface area contributed by atoms with Crippen LogP contribution in [0.15, 0.2) is 102 Å². The fraction of sp³-hybridized carbons (Fsp3) is 0.138. The quantitative estimate of drug-likeness (QED) is 0.411. The minimum absolute atomic E-state index is 0.564. The maximum absolute atomic E-state index is 8.49. The maximum atomic E-state index is 8.49. The number of ether oxygens (including phenoxy) is 2. The minimum Gasteiger partial charge on any atom is -0.490 e. The van der Waals surface area contributed by atoms with E-state index in [1.54, 1.807) is 11.8 Å². The van der Waals surface area contributed by atoms with Gasteiger partial charge in [0.05, 0.1) is 13.2 Å². The average molecular weight is 554 g/mol. The second kappa shape index (κ2) is 14.0. The zero-order valence-electron chi connectivity index (χ0n) is 21.0. The van der Waals surface area contributed by atoms with Crippen molar-refractivity contribution in [3.05, 3.63) is 119 Å². The van der Waals surface area contributed by atoms with E-state index in [9.17, 15) is 0 Å². The second-order valence-corrected chi connectivity index (χ2v) is 9.72. The van der Waals surface area contributed by atoms with Crippen LogP contribution in [0.2, 0.25) is 0 Å². The highest BCUT2D eigenvalue weighted by Crippen LogP contribution is 2.42. The Morgan fingerprint density at radius 1 is 0.789 bits per heavy atom. The molecular weight excluding hydrogens is 526 g/mol. The van der Waals surface area contributed by atoms with Crippen LogP contribution in [0.1, 0.15) is 30.5 Å². The number of hydrogen-bond acceptors (Lipinski definition) is 7. The van der Waals surface area contributed by atoms with Crippen molar-refractivity contribution in [1.82, 2.24) is 0 Å². The first-order valence-corrected chi connectivity index (χ1v) is 13.8. The van der Waals surface area contributed by atoms with Gasteiger partial charge in [0.2, 0.25) is 5.71 Å².